The minimum Gasteiger partial charge on any atom is -0.495 e. The fraction of sp³-hybridized carbons (Fsp3) is 0.294. The molecular weight excluding hydrogens is 410 g/mol. The van der Waals surface area contributed by atoms with Crippen LogP contribution >= 0.6 is 22.9 Å². The zero-order valence-corrected chi connectivity index (χ0v) is 16.7. The fourth-order valence-corrected chi connectivity index (χ4v) is 5.15. The summed E-state index contributed by atoms with van der Waals surface area (Å²) in [6, 6.07) is 6.21. The quantitative estimate of drug-likeness (QED) is 0.623. The van der Waals surface area contributed by atoms with Gasteiger partial charge in [0.1, 0.15) is 9.96 Å². The summed E-state index contributed by atoms with van der Waals surface area (Å²) >= 11 is 7.14. The molecule has 2 heterocycles. The minimum absolute atomic E-state index is 0.152. The molecule has 3 aromatic rings. The number of nitrogens with one attached hydrogen (secondary N) is 1. The maximum absolute atomic E-state index is 12.6. The van der Waals surface area contributed by atoms with Crippen LogP contribution in [-0.2, 0) is 10.0 Å². The number of hydrogen-bond acceptors (Lipinski definition) is 7. The number of methoxy groups -OCH3 is 1. The summed E-state index contributed by atoms with van der Waals surface area (Å²) in [6.45, 7) is 0. The zero-order valence-electron chi connectivity index (χ0n) is 14.3. The van der Waals surface area contributed by atoms with E-state index in [9.17, 15) is 8.42 Å². The second-order valence-corrected chi connectivity index (χ2v) is 9.42. The van der Waals surface area contributed by atoms with Crippen molar-refractivity contribution in [1.29, 1.82) is 0 Å². The lowest BCUT2D eigenvalue weighted by molar-refractivity contribution is 0.292. The molecule has 0 bridgehead atoms. The standard InChI is InChI=1S/C17H16ClN3O4S2/c1-24-14-6-5-12(8-13(14)18)21-27(22,23)15-7-11(9-26-15)16-19-17(25-20-16)10-3-2-4-10/h5-10,21H,2-4H2,1H3. The molecule has 0 spiro atoms. The molecule has 1 aromatic carbocycles. The third kappa shape index (κ3) is 3.67. The number of ether oxygens (including phenoxy) is 1. The van der Waals surface area contributed by atoms with Crippen molar-refractivity contribution in [2.75, 3.05) is 11.8 Å². The van der Waals surface area contributed by atoms with E-state index in [2.05, 4.69) is 14.9 Å². The van der Waals surface area contributed by atoms with E-state index in [4.69, 9.17) is 20.9 Å². The maximum Gasteiger partial charge on any atom is 0.271 e. The van der Waals surface area contributed by atoms with Gasteiger partial charge in [-0.1, -0.05) is 23.2 Å². The van der Waals surface area contributed by atoms with Gasteiger partial charge in [0.05, 0.1) is 17.8 Å². The molecule has 1 fully saturated rings. The summed E-state index contributed by atoms with van der Waals surface area (Å²) in [6.07, 6.45) is 3.28. The summed E-state index contributed by atoms with van der Waals surface area (Å²) in [7, 11) is -2.26. The Morgan fingerprint density at radius 2 is 2.15 bits per heavy atom. The topological polar surface area (TPSA) is 94.3 Å². The molecule has 1 saturated carbocycles. The number of hydrogen-bond donors (Lipinski definition) is 1. The highest BCUT2D eigenvalue weighted by Crippen LogP contribution is 2.37. The molecule has 0 amide bonds. The van der Waals surface area contributed by atoms with Gasteiger partial charge in [-0.05, 0) is 37.1 Å². The minimum atomic E-state index is -3.76. The highest BCUT2D eigenvalue weighted by atomic mass is 35.5. The summed E-state index contributed by atoms with van der Waals surface area (Å²) in [5.41, 5.74) is 0.963. The zero-order chi connectivity index (χ0) is 19.0. The van der Waals surface area contributed by atoms with Crippen LogP contribution < -0.4 is 9.46 Å². The van der Waals surface area contributed by atoms with Crippen molar-refractivity contribution in [2.45, 2.75) is 29.4 Å². The van der Waals surface area contributed by atoms with E-state index >= 15 is 0 Å². The molecule has 7 nitrogen and oxygen atoms in total. The molecule has 27 heavy (non-hydrogen) atoms. The van der Waals surface area contributed by atoms with Crippen LogP contribution in [0.5, 0.6) is 5.75 Å². The van der Waals surface area contributed by atoms with Crippen molar-refractivity contribution in [1.82, 2.24) is 10.1 Å². The molecule has 0 aliphatic heterocycles. The van der Waals surface area contributed by atoms with Gasteiger partial charge in [-0.15, -0.1) is 11.3 Å². The van der Waals surface area contributed by atoms with E-state index in [0.717, 1.165) is 24.2 Å². The van der Waals surface area contributed by atoms with E-state index in [0.29, 0.717) is 39.7 Å². The van der Waals surface area contributed by atoms with Crippen LogP contribution in [0.1, 0.15) is 31.1 Å². The Kier molecular flexibility index (Phi) is 4.83. The van der Waals surface area contributed by atoms with Crippen LogP contribution in [0.4, 0.5) is 5.69 Å². The van der Waals surface area contributed by atoms with Gasteiger partial charge in [0.2, 0.25) is 11.7 Å². The Labute approximate surface area is 165 Å². The van der Waals surface area contributed by atoms with Crippen molar-refractivity contribution < 1.29 is 17.7 Å². The van der Waals surface area contributed by atoms with Crippen molar-refractivity contribution in [3.05, 3.63) is 40.6 Å². The third-order valence-electron chi connectivity index (χ3n) is 4.40. The van der Waals surface area contributed by atoms with Crippen LogP contribution in [0.15, 0.2) is 38.4 Å². The van der Waals surface area contributed by atoms with Crippen molar-refractivity contribution >= 4 is 38.6 Å². The van der Waals surface area contributed by atoms with E-state index in [-0.39, 0.29) is 4.21 Å². The number of aromatic nitrogens is 2. The lowest BCUT2D eigenvalue weighted by atomic mass is 9.85. The molecule has 1 N–H and O–H groups in total. The highest BCUT2D eigenvalue weighted by molar-refractivity contribution is 7.94. The molecule has 4 rings (SSSR count). The number of sulfonamides is 1. The molecule has 10 heteroatoms. The lowest BCUT2D eigenvalue weighted by Crippen LogP contribution is -2.11. The first-order valence-corrected chi connectivity index (χ1v) is 11.0. The maximum atomic E-state index is 12.6. The second kappa shape index (κ2) is 7.14. The lowest BCUT2D eigenvalue weighted by Gasteiger charge is -2.20. The Hall–Kier alpha value is -2.10. The highest BCUT2D eigenvalue weighted by Gasteiger charge is 2.26. The fourth-order valence-electron chi connectivity index (χ4n) is 2.68. The third-order valence-corrected chi connectivity index (χ3v) is 7.51. The van der Waals surface area contributed by atoms with Gasteiger partial charge < -0.3 is 9.26 Å². The Morgan fingerprint density at radius 3 is 2.81 bits per heavy atom. The van der Waals surface area contributed by atoms with Gasteiger partial charge in [-0.2, -0.15) is 4.98 Å². The summed E-state index contributed by atoms with van der Waals surface area (Å²) < 4.78 is 38.3. The molecule has 1 aliphatic rings. The second-order valence-electron chi connectivity index (χ2n) is 6.19. The number of benzene rings is 1. The largest absolute Gasteiger partial charge is 0.495 e. The van der Waals surface area contributed by atoms with Gasteiger partial charge in [-0.25, -0.2) is 8.42 Å². The summed E-state index contributed by atoms with van der Waals surface area (Å²) in [4.78, 5) is 4.39. The Balaban J connectivity index is 1.54. The van der Waals surface area contributed by atoms with E-state index in [1.54, 1.807) is 17.5 Å². The molecule has 142 valence electrons. The normalized spacial score (nSPS) is 14.7. The van der Waals surface area contributed by atoms with E-state index in [1.165, 1.54) is 25.7 Å². The van der Waals surface area contributed by atoms with Crippen molar-refractivity contribution in [2.24, 2.45) is 0 Å². The van der Waals surface area contributed by atoms with Crippen LogP contribution in [0.3, 0.4) is 0 Å². The van der Waals surface area contributed by atoms with Gasteiger partial charge >= 0.3 is 0 Å². The Bertz CT molecular complexity index is 1070. The van der Waals surface area contributed by atoms with Crippen LogP contribution in [-0.4, -0.2) is 25.7 Å². The number of anilines is 1. The molecule has 1 aliphatic carbocycles. The van der Waals surface area contributed by atoms with Gasteiger partial charge in [0, 0.05) is 16.9 Å². The monoisotopic (exact) mass is 425 g/mol. The molecule has 0 radical (unpaired) electrons. The first-order valence-electron chi connectivity index (χ1n) is 8.25. The average Bonchev–Trinajstić information content (AvgIpc) is 3.22. The van der Waals surface area contributed by atoms with E-state index in [1.807, 2.05) is 0 Å². The van der Waals surface area contributed by atoms with Crippen LogP contribution in [0, 0.1) is 0 Å². The first-order chi connectivity index (χ1) is 13.0. The molecular formula is C17H16ClN3O4S2. The smallest absolute Gasteiger partial charge is 0.271 e. The van der Waals surface area contributed by atoms with Crippen molar-refractivity contribution in [3.8, 4) is 17.1 Å². The SMILES string of the molecule is COc1ccc(NS(=O)(=O)c2cc(-c3noc(C4CCC4)n3)cs2)cc1Cl. The number of rotatable bonds is 6. The average molecular weight is 426 g/mol. The first kappa shape index (κ1) is 18.3. The van der Waals surface area contributed by atoms with Gasteiger partial charge in [0.15, 0.2) is 0 Å². The van der Waals surface area contributed by atoms with Gasteiger partial charge in [0.25, 0.3) is 10.0 Å². The number of thiophene rings is 1. The van der Waals surface area contributed by atoms with Gasteiger partial charge in [-0.3, -0.25) is 4.72 Å². The molecule has 0 atom stereocenters. The number of nitrogens with zero attached hydrogens (tertiary/aromatic N) is 2. The van der Waals surface area contributed by atoms with Crippen LogP contribution in [0.25, 0.3) is 11.4 Å². The molecule has 0 unspecified atom stereocenters. The predicted octanol–water partition coefficient (Wildman–Crippen LogP) is 4.53. The van der Waals surface area contributed by atoms with E-state index < -0.39 is 10.0 Å². The molecule has 2 aromatic heterocycles. The van der Waals surface area contributed by atoms with Crippen LogP contribution in [0.2, 0.25) is 5.02 Å². The predicted molar refractivity (Wildman–Crippen MR) is 103 cm³/mol. The summed E-state index contributed by atoms with van der Waals surface area (Å²) in [5.74, 6) is 1.83. The summed E-state index contributed by atoms with van der Waals surface area (Å²) in [5, 5.41) is 5.99. The number of halogens is 1. The van der Waals surface area contributed by atoms with Crippen molar-refractivity contribution in [3.63, 3.8) is 0 Å². The Morgan fingerprint density at radius 1 is 1.33 bits per heavy atom. The molecule has 0 saturated heterocycles.